The van der Waals surface area contributed by atoms with Crippen molar-refractivity contribution in [2.75, 3.05) is 12.4 Å². The van der Waals surface area contributed by atoms with Crippen molar-refractivity contribution in [3.8, 4) is 5.75 Å². The molecule has 0 aliphatic carbocycles. The minimum atomic E-state index is -0.402. The smallest absolute Gasteiger partial charge is 0.142 e. The summed E-state index contributed by atoms with van der Waals surface area (Å²) in [5.74, 6) is 0.468. The molecule has 0 spiro atoms. The second-order valence-electron chi connectivity index (χ2n) is 5.13. The van der Waals surface area contributed by atoms with Gasteiger partial charge in [0.2, 0.25) is 0 Å². The summed E-state index contributed by atoms with van der Waals surface area (Å²) in [7, 11) is 1.66. The van der Waals surface area contributed by atoms with E-state index >= 15 is 0 Å². The van der Waals surface area contributed by atoms with Crippen molar-refractivity contribution in [2.45, 2.75) is 26.8 Å². The van der Waals surface area contributed by atoms with Crippen LogP contribution in [0.4, 0.5) is 10.1 Å². The van der Waals surface area contributed by atoms with Gasteiger partial charge in [-0.05, 0) is 50.1 Å². The molecule has 4 heteroatoms. The lowest BCUT2D eigenvalue weighted by Crippen LogP contribution is -2.09. The second kappa shape index (κ2) is 6.35. The van der Waals surface area contributed by atoms with Crippen molar-refractivity contribution < 1.29 is 9.13 Å². The number of ether oxygens (including phenoxy) is 1. The summed E-state index contributed by atoms with van der Waals surface area (Å²) in [6, 6.07) is 8.83. The van der Waals surface area contributed by atoms with Gasteiger partial charge in [-0.3, -0.25) is 0 Å². The highest BCUT2D eigenvalue weighted by molar-refractivity contribution is 6.30. The van der Waals surface area contributed by atoms with Gasteiger partial charge in [0.1, 0.15) is 11.6 Å². The first-order valence-electron chi connectivity index (χ1n) is 6.79. The maximum absolute atomic E-state index is 13.5. The average Bonchev–Trinajstić information content (AvgIpc) is 2.45. The molecule has 0 amide bonds. The number of hydrogen-bond acceptors (Lipinski definition) is 2. The fraction of sp³-hybridized carbons (Fsp3) is 0.294. The molecule has 112 valence electrons. The van der Waals surface area contributed by atoms with Crippen LogP contribution in [-0.4, -0.2) is 7.11 Å². The van der Waals surface area contributed by atoms with E-state index in [4.69, 9.17) is 16.3 Å². The van der Waals surface area contributed by atoms with Gasteiger partial charge in [-0.15, -0.1) is 0 Å². The number of methoxy groups -OCH3 is 1. The van der Waals surface area contributed by atoms with E-state index in [-0.39, 0.29) is 11.1 Å². The van der Waals surface area contributed by atoms with Crippen molar-refractivity contribution in [1.29, 1.82) is 0 Å². The normalized spacial score (nSPS) is 12.1. The van der Waals surface area contributed by atoms with Gasteiger partial charge in [0, 0.05) is 17.3 Å². The van der Waals surface area contributed by atoms with Crippen LogP contribution < -0.4 is 10.1 Å². The molecule has 0 fully saturated rings. The lowest BCUT2D eigenvalue weighted by atomic mass is 10.1. The van der Waals surface area contributed by atoms with Crippen molar-refractivity contribution >= 4 is 17.3 Å². The first kappa shape index (κ1) is 15.6. The highest BCUT2D eigenvalue weighted by atomic mass is 35.5. The molecule has 1 atom stereocenters. The van der Waals surface area contributed by atoms with E-state index in [2.05, 4.69) is 5.32 Å². The zero-order valence-corrected chi connectivity index (χ0v) is 13.4. The van der Waals surface area contributed by atoms with Crippen molar-refractivity contribution in [2.24, 2.45) is 0 Å². The van der Waals surface area contributed by atoms with Crippen LogP contribution in [0.25, 0.3) is 0 Å². The van der Waals surface area contributed by atoms with Gasteiger partial charge in [0.15, 0.2) is 0 Å². The van der Waals surface area contributed by atoms with Crippen LogP contribution in [0.15, 0.2) is 30.3 Å². The molecule has 1 N–H and O–H groups in total. The molecule has 0 saturated heterocycles. The molecule has 2 nitrogen and oxygen atoms in total. The van der Waals surface area contributed by atoms with Crippen molar-refractivity contribution in [3.63, 3.8) is 0 Å². The second-order valence-corrected chi connectivity index (χ2v) is 5.54. The standard InChI is InChI=1S/C17H19ClFNO/c1-10-5-8-16(11(2)17(10)21-4)20-12(3)13-6-7-14(18)15(19)9-13/h5-9,12,20H,1-4H3. The Morgan fingerprint density at radius 1 is 1.19 bits per heavy atom. The summed E-state index contributed by atoms with van der Waals surface area (Å²) in [5, 5.41) is 3.52. The molecule has 0 heterocycles. The van der Waals surface area contributed by atoms with Gasteiger partial charge in [-0.25, -0.2) is 4.39 Å². The number of halogens is 2. The summed E-state index contributed by atoms with van der Waals surface area (Å²) < 4.78 is 19.0. The van der Waals surface area contributed by atoms with Gasteiger partial charge in [0.05, 0.1) is 12.1 Å². The van der Waals surface area contributed by atoms with Gasteiger partial charge < -0.3 is 10.1 Å². The van der Waals surface area contributed by atoms with E-state index in [0.717, 1.165) is 28.1 Å². The van der Waals surface area contributed by atoms with Gasteiger partial charge in [-0.2, -0.15) is 0 Å². The summed E-state index contributed by atoms with van der Waals surface area (Å²) in [6.45, 7) is 5.99. The predicted molar refractivity (Wildman–Crippen MR) is 85.9 cm³/mol. The molecular weight excluding hydrogens is 289 g/mol. The average molecular weight is 308 g/mol. The number of hydrogen-bond donors (Lipinski definition) is 1. The van der Waals surface area contributed by atoms with Crippen LogP contribution in [0, 0.1) is 19.7 Å². The maximum atomic E-state index is 13.5. The van der Waals surface area contributed by atoms with Crippen LogP contribution >= 0.6 is 11.6 Å². The Bertz CT molecular complexity index is 657. The largest absolute Gasteiger partial charge is 0.496 e. The monoisotopic (exact) mass is 307 g/mol. The zero-order chi connectivity index (χ0) is 15.6. The fourth-order valence-corrected chi connectivity index (χ4v) is 2.51. The number of aryl methyl sites for hydroxylation is 1. The maximum Gasteiger partial charge on any atom is 0.142 e. The summed E-state index contributed by atoms with van der Waals surface area (Å²) in [4.78, 5) is 0. The molecular formula is C17H19ClFNO. The predicted octanol–water partition coefficient (Wildman–Crippen LogP) is 5.28. The molecule has 2 rings (SSSR count). The topological polar surface area (TPSA) is 21.3 Å². The first-order chi connectivity index (χ1) is 9.93. The Hall–Kier alpha value is -1.74. The number of rotatable bonds is 4. The van der Waals surface area contributed by atoms with Crippen LogP contribution in [0.5, 0.6) is 5.75 Å². The Morgan fingerprint density at radius 3 is 2.52 bits per heavy atom. The van der Waals surface area contributed by atoms with Gasteiger partial charge in [0.25, 0.3) is 0 Å². The number of nitrogens with one attached hydrogen (secondary N) is 1. The van der Waals surface area contributed by atoms with Gasteiger partial charge in [-0.1, -0.05) is 23.7 Å². The lowest BCUT2D eigenvalue weighted by molar-refractivity contribution is 0.409. The van der Waals surface area contributed by atoms with Crippen LogP contribution in [0.3, 0.4) is 0 Å². The molecule has 0 aliphatic rings. The lowest BCUT2D eigenvalue weighted by Gasteiger charge is -2.20. The molecule has 1 unspecified atom stereocenters. The zero-order valence-electron chi connectivity index (χ0n) is 12.6. The molecule has 2 aromatic carbocycles. The molecule has 0 aromatic heterocycles. The summed E-state index contributed by atoms with van der Waals surface area (Å²) >= 11 is 5.72. The van der Waals surface area contributed by atoms with E-state index in [1.165, 1.54) is 6.07 Å². The molecule has 0 bridgehead atoms. The van der Waals surface area contributed by atoms with Crippen LogP contribution in [-0.2, 0) is 0 Å². The Balaban J connectivity index is 2.27. The quantitative estimate of drug-likeness (QED) is 0.830. The minimum Gasteiger partial charge on any atom is -0.496 e. The van der Waals surface area contributed by atoms with E-state index < -0.39 is 5.82 Å². The fourth-order valence-electron chi connectivity index (χ4n) is 2.40. The third-order valence-corrected chi connectivity index (χ3v) is 3.93. The van der Waals surface area contributed by atoms with Crippen molar-refractivity contribution in [1.82, 2.24) is 0 Å². The highest BCUT2D eigenvalue weighted by Crippen LogP contribution is 2.31. The highest BCUT2D eigenvalue weighted by Gasteiger charge is 2.12. The van der Waals surface area contributed by atoms with Crippen LogP contribution in [0.1, 0.15) is 29.7 Å². The molecule has 21 heavy (non-hydrogen) atoms. The van der Waals surface area contributed by atoms with Crippen molar-refractivity contribution in [3.05, 3.63) is 57.9 Å². The number of anilines is 1. The van der Waals surface area contributed by atoms with E-state index in [0.29, 0.717) is 0 Å². The Labute approximate surface area is 129 Å². The Kier molecular flexibility index (Phi) is 4.73. The minimum absolute atomic E-state index is 0.0390. The Morgan fingerprint density at radius 2 is 1.90 bits per heavy atom. The van der Waals surface area contributed by atoms with E-state index in [1.807, 2.05) is 39.0 Å². The first-order valence-corrected chi connectivity index (χ1v) is 7.17. The third kappa shape index (κ3) is 3.30. The third-order valence-electron chi connectivity index (χ3n) is 3.62. The van der Waals surface area contributed by atoms with Gasteiger partial charge >= 0.3 is 0 Å². The summed E-state index contributed by atoms with van der Waals surface area (Å²) in [6.07, 6.45) is 0. The van der Waals surface area contributed by atoms with Crippen LogP contribution in [0.2, 0.25) is 5.02 Å². The van der Waals surface area contributed by atoms with E-state index in [9.17, 15) is 4.39 Å². The molecule has 2 aromatic rings. The molecule has 0 saturated carbocycles. The summed E-state index contributed by atoms with van der Waals surface area (Å²) in [5.41, 5.74) is 3.95. The van der Waals surface area contributed by atoms with E-state index in [1.54, 1.807) is 13.2 Å². The SMILES string of the molecule is COc1c(C)ccc(NC(C)c2ccc(Cl)c(F)c2)c1C. The molecule has 0 radical (unpaired) electrons. The number of benzene rings is 2. The molecule has 0 aliphatic heterocycles.